The van der Waals surface area contributed by atoms with Gasteiger partial charge in [-0.05, 0) is 37.7 Å². The van der Waals surface area contributed by atoms with Crippen molar-refractivity contribution in [1.82, 2.24) is 5.32 Å². The van der Waals surface area contributed by atoms with Crippen molar-refractivity contribution in [2.24, 2.45) is 5.92 Å². The van der Waals surface area contributed by atoms with Crippen molar-refractivity contribution in [3.8, 4) is 18.1 Å². The van der Waals surface area contributed by atoms with E-state index in [1.54, 1.807) is 0 Å². The fourth-order valence-corrected chi connectivity index (χ4v) is 2.90. The number of hydrogen-bond donors (Lipinski definition) is 2. The van der Waals surface area contributed by atoms with E-state index in [9.17, 15) is 5.11 Å². The molecule has 1 saturated carbocycles. The van der Waals surface area contributed by atoms with E-state index in [1.807, 2.05) is 24.3 Å². The van der Waals surface area contributed by atoms with E-state index in [0.29, 0.717) is 6.54 Å². The highest BCUT2D eigenvalue weighted by Gasteiger charge is 2.33. The van der Waals surface area contributed by atoms with Gasteiger partial charge in [-0.3, -0.25) is 0 Å². The second kappa shape index (κ2) is 7.49. The van der Waals surface area contributed by atoms with E-state index in [2.05, 4.69) is 18.2 Å². The van der Waals surface area contributed by atoms with Crippen LogP contribution in [0.15, 0.2) is 24.3 Å². The molecule has 0 saturated heterocycles. The molecule has 0 unspecified atom stereocenters. The van der Waals surface area contributed by atoms with Crippen LogP contribution < -0.4 is 10.1 Å². The van der Waals surface area contributed by atoms with Gasteiger partial charge < -0.3 is 15.2 Å². The van der Waals surface area contributed by atoms with Gasteiger partial charge in [-0.25, -0.2) is 0 Å². The van der Waals surface area contributed by atoms with Crippen LogP contribution in [0.4, 0.5) is 0 Å². The Labute approximate surface area is 127 Å². The normalized spacial score (nSPS) is 25.3. The van der Waals surface area contributed by atoms with E-state index in [-0.39, 0.29) is 18.8 Å². The summed E-state index contributed by atoms with van der Waals surface area (Å²) in [5.41, 5.74) is 0.936. The number of nitrogens with one attached hydrogen (secondary N) is 1. The molecule has 1 aliphatic carbocycles. The van der Waals surface area contributed by atoms with Crippen LogP contribution in [0.5, 0.6) is 5.75 Å². The average Bonchev–Trinajstić information content (AvgIpc) is 2.53. The summed E-state index contributed by atoms with van der Waals surface area (Å²) in [7, 11) is 0. The molecule has 1 aliphatic rings. The molecule has 0 aromatic heterocycles. The van der Waals surface area contributed by atoms with E-state index >= 15 is 0 Å². The van der Waals surface area contributed by atoms with E-state index < -0.39 is 0 Å². The highest BCUT2D eigenvalue weighted by Crippen LogP contribution is 2.32. The molecular weight excluding hydrogens is 262 g/mol. The maximum Gasteiger partial charge on any atom is 0.148 e. The van der Waals surface area contributed by atoms with E-state index in [1.165, 1.54) is 12.8 Å². The number of para-hydroxylation sites is 1. The monoisotopic (exact) mass is 287 g/mol. The number of benzene rings is 1. The molecule has 0 bridgehead atoms. The van der Waals surface area contributed by atoms with Gasteiger partial charge in [-0.1, -0.05) is 31.0 Å². The maximum absolute atomic E-state index is 9.80. The van der Waals surface area contributed by atoms with Crippen molar-refractivity contribution in [2.75, 3.05) is 13.2 Å². The molecule has 3 heteroatoms. The Morgan fingerprint density at radius 1 is 1.38 bits per heavy atom. The van der Waals surface area contributed by atoms with Crippen molar-refractivity contribution in [3.05, 3.63) is 29.8 Å². The third-order valence-electron chi connectivity index (χ3n) is 4.47. The summed E-state index contributed by atoms with van der Waals surface area (Å²) in [6.07, 6.45) is 9.64. The van der Waals surface area contributed by atoms with Crippen molar-refractivity contribution in [2.45, 2.75) is 44.7 Å². The predicted molar refractivity (Wildman–Crippen MR) is 85.1 cm³/mol. The smallest absolute Gasteiger partial charge is 0.148 e. The molecular formula is C18H25NO2. The molecule has 3 nitrogen and oxygen atoms in total. The Hall–Kier alpha value is -1.50. The van der Waals surface area contributed by atoms with Gasteiger partial charge in [0.1, 0.15) is 12.4 Å². The molecule has 1 aromatic carbocycles. The molecule has 1 aromatic rings. The molecule has 2 N–H and O–H groups in total. The molecule has 114 valence electrons. The van der Waals surface area contributed by atoms with Crippen molar-refractivity contribution in [3.63, 3.8) is 0 Å². The van der Waals surface area contributed by atoms with Crippen LogP contribution in [0.2, 0.25) is 0 Å². The Balaban J connectivity index is 2.00. The molecule has 2 rings (SSSR count). The van der Waals surface area contributed by atoms with Gasteiger partial charge in [0.15, 0.2) is 0 Å². The fraction of sp³-hybridized carbons (Fsp3) is 0.556. The van der Waals surface area contributed by atoms with Crippen LogP contribution in [0.25, 0.3) is 0 Å². The minimum Gasteiger partial charge on any atom is -0.481 e. The first-order chi connectivity index (χ1) is 10.2. The van der Waals surface area contributed by atoms with Crippen LogP contribution in [-0.4, -0.2) is 23.9 Å². The second-order valence-corrected chi connectivity index (χ2v) is 6.08. The van der Waals surface area contributed by atoms with Crippen LogP contribution >= 0.6 is 0 Å². The van der Waals surface area contributed by atoms with Gasteiger partial charge in [0.25, 0.3) is 0 Å². The summed E-state index contributed by atoms with van der Waals surface area (Å²) in [5.74, 6) is 4.07. The Morgan fingerprint density at radius 2 is 2.10 bits per heavy atom. The first-order valence-electron chi connectivity index (χ1n) is 7.69. The third-order valence-corrected chi connectivity index (χ3v) is 4.47. The Morgan fingerprint density at radius 3 is 2.76 bits per heavy atom. The van der Waals surface area contributed by atoms with Gasteiger partial charge in [0.05, 0.1) is 6.61 Å². The number of rotatable bonds is 6. The molecule has 0 atom stereocenters. The molecule has 0 aliphatic heterocycles. The second-order valence-electron chi connectivity index (χ2n) is 6.08. The van der Waals surface area contributed by atoms with Crippen molar-refractivity contribution < 1.29 is 9.84 Å². The van der Waals surface area contributed by atoms with Crippen LogP contribution in [0.3, 0.4) is 0 Å². The highest BCUT2D eigenvalue weighted by molar-refractivity contribution is 5.33. The topological polar surface area (TPSA) is 41.5 Å². The minimum absolute atomic E-state index is 0.147. The first-order valence-corrected chi connectivity index (χ1v) is 7.69. The van der Waals surface area contributed by atoms with Crippen LogP contribution in [-0.2, 0) is 6.54 Å². The molecule has 0 spiro atoms. The average molecular weight is 287 g/mol. The lowest BCUT2D eigenvalue weighted by Crippen LogP contribution is -2.50. The zero-order chi connectivity index (χ0) is 15.1. The van der Waals surface area contributed by atoms with Crippen molar-refractivity contribution in [1.29, 1.82) is 0 Å². The first kappa shape index (κ1) is 15.9. The molecule has 0 radical (unpaired) electrons. The number of ether oxygens (including phenoxy) is 1. The van der Waals surface area contributed by atoms with Crippen LogP contribution in [0.1, 0.15) is 38.2 Å². The predicted octanol–water partition coefficient (Wildman–Crippen LogP) is 2.73. The highest BCUT2D eigenvalue weighted by atomic mass is 16.5. The van der Waals surface area contributed by atoms with E-state index in [0.717, 1.165) is 30.1 Å². The number of hydrogen-bond acceptors (Lipinski definition) is 3. The SMILES string of the molecule is C#CCOc1ccccc1CNC1(CO)CCC(C)CC1. The minimum atomic E-state index is -0.147. The van der Waals surface area contributed by atoms with Gasteiger partial charge in [-0.15, -0.1) is 6.42 Å². The molecule has 0 amide bonds. The zero-order valence-electron chi connectivity index (χ0n) is 12.8. The number of terminal acetylenes is 1. The lowest BCUT2D eigenvalue weighted by molar-refractivity contribution is 0.104. The zero-order valence-corrected chi connectivity index (χ0v) is 12.8. The fourth-order valence-electron chi connectivity index (χ4n) is 2.90. The summed E-state index contributed by atoms with van der Waals surface area (Å²) < 4.78 is 5.57. The van der Waals surface area contributed by atoms with Gasteiger partial charge in [0, 0.05) is 17.6 Å². The van der Waals surface area contributed by atoms with E-state index in [4.69, 9.17) is 11.2 Å². The lowest BCUT2D eigenvalue weighted by Gasteiger charge is -2.39. The van der Waals surface area contributed by atoms with Crippen LogP contribution in [0, 0.1) is 18.3 Å². The Kier molecular flexibility index (Phi) is 5.67. The summed E-state index contributed by atoms with van der Waals surface area (Å²) in [6.45, 7) is 3.44. The summed E-state index contributed by atoms with van der Waals surface area (Å²) in [5, 5.41) is 13.4. The number of aliphatic hydroxyl groups excluding tert-OH is 1. The molecule has 0 heterocycles. The van der Waals surface area contributed by atoms with Crippen molar-refractivity contribution >= 4 is 0 Å². The number of aliphatic hydroxyl groups is 1. The standard InChI is InChI=1S/C18H25NO2/c1-3-12-21-17-7-5-4-6-16(17)13-19-18(14-20)10-8-15(2)9-11-18/h1,4-7,15,19-20H,8-14H2,2H3. The van der Waals surface area contributed by atoms with Gasteiger partial charge >= 0.3 is 0 Å². The summed E-state index contributed by atoms with van der Waals surface area (Å²) in [6, 6.07) is 7.91. The molecule has 21 heavy (non-hydrogen) atoms. The quantitative estimate of drug-likeness (QED) is 0.791. The molecule has 1 fully saturated rings. The van der Waals surface area contributed by atoms with Gasteiger partial charge in [0.2, 0.25) is 0 Å². The summed E-state index contributed by atoms with van der Waals surface area (Å²) >= 11 is 0. The summed E-state index contributed by atoms with van der Waals surface area (Å²) in [4.78, 5) is 0. The lowest BCUT2D eigenvalue weighted by atomic mass is 9.77. The maximum atomic E-state index is 9.80. The largest absolute Gasteiger partial charge is 0.481 e. The van der Waals surface area contributed by atoms with Gasteiger partial charge in [-0.2, -0.15) is 0 Å². The third kappa shape index (κ3) is 4.23. The Bertz CT molecular complexity index is 484.